The number of piperidine rings is 1. The fraction of sp³-hybridized carbons (Fsp3) is 0.533. The van der Waals surface area contributed by atoms with Crippen LogP contribution >= 0.6 is 0 Å². The molecule has 1 saturated heterocycles. The fourth-order valence-electron chi connectivity index (χ4n) is 2.75. The Morgan fingerprint density at radius 3 is 2.82 bits per heavy atom. The average molecular weight is 303 g/mol. The minimum Gasteiger partial charge on any atom is -0.384 e. The van der Waals surface area contributed by atoms with Gasteiger partial charge in [0.1, 0.15) is 5.69 Å². The molecule has 0 saturated carbocycles. The zero-order chi connectivity index (χ0) is 15.4. The zero-order valence-corrected chi connectivity index (χ0v) is 12.7. The van der Waals surface area contributed by atoms with Crippen molar-refractivity contribution in [2.45, 2.75) is 19.8 Å². The van der Waals surface area contributed by atoms with Gasteiger partial charge in [-0.1, -0.05) is 12.1 Å². The number of hydrogen-bond acceptors (Lipinski definition) is 6. The minimum atomic E-state index is -0.572. The van der Waals surface area contributed by atoms with Crippen molar-refractivity contribution in [1.82, 2.24) is 20.0 Å². The average Bonchev–Trinajstić information content (AvgIpc) is 3.00. The van der Waals surface area contributed by atoms with Crippen LogP contribution in [0.3, 0.4) is 0 Å². The molecule has 0 radical (unpaired) electrons. The predicted octanol–water partition coefficient (Wildman–Crippen LogP) is 1.57. The fourth-order valence-corrected chi connectivity index (χ4v) is 2.75. The van der Waals surface area contributed by atoms with Crippen LogP contribution in [0.15, 0.2) is 27.6 Å². The molecule has 0 unspecified atom stereocenters. The van der Waals surface area contributed by atoms with Crippen molar-refractivity contribution >= 4 is 5.69 Å². The maximum Gasteiger partial charge on any atom is 0.439 e. The Bertz CT molecular complexity index is 640. The van der Waals surface area contributed by atoms with Gasteiger partial charge in [0.15, 0.2) is 0 Å². The van der Waals surface area contributed by atoms with E-state index in [0.29, 0.717) is 11.5 Å². The van der Waals surface area contributed by atoms with Crippen molar-refractivity contribution < 1.29 is 4.52 Å². The lowest BCUT2D eigenvalue weighted by atomic mass is 9.97. The largest absolute Gasteiger partial charge is 0.439 e. The lowest BCUT2D eigenvalue weighted by molar-refractivity contribution is 0.198. The number of H-pyrrole nitrogens is 1. The van der Waals surface area contributed by atoms with E-state index in [2.05, 4.69) is 36.8 Å². The Morgan fingerprint density at radius 2 is 2.23 bits per heavy atom. The van der Waals surface area contributed by atoms with E-state index in [1.807, 2.05) is 12.1 Å². The molecule has 0 amide bonds. The first-order valence-electron chi connectivity index (χ1n) is 7.73. The van der Waals surface area contributed by atoms with Crippen LogP contribution in [0.5, 0.6) is 0 Å². The van der Waals surface area contributed by atoms with Gasteiger partial charge in [-0.2, -0.15) is 0 Å². The predicted molar refractivity (Wildman–Crippen MR) is 83.7 cm³/mol. The number of nitrogens with one attached hydrogen (secondary N) is 2. The second-order valence-corrected chi connectivity index (χ2v) is 5.63. The molecule has 2 aromatic heterocycles. The van der Waals surface area contributed by atoms with E-state index in [1.54, 1.807) is 6.20 Å². The van der Waals surface area contributed by atoms with E-state index in [-0.39, 0.29) is 0 Å². The van der Waals surface area contributed by atoms with Crippen molar-refractivity contribution in [2.75, 3.05) is 31.5 Å². The van der Waals surface area contributed by atoms with Gasteiger partial charge in [-0.15, -0.1) is 0 Å². The van der Waals surface area contributed by atoms with Crippen LogP contribution in [-0.4, -0.2) is 46.2 Å². The van der Waals surface area contributed by atoms with E-state index in [0.717, 1.165) is 24.7 Å². The van der Waals surface area contributed by atoms with Gasteiger partial charge in [0.05, 0.1) is 11.9 Å². The first-order chi connectivity index (χ1) is 10.7. The molecule has 1 fully saturated rings. The van der Waals surface area contributed by atoms with Gasteiger partial charge in [-0.05, 0) is 50.5 Å². The first kappa shape index (κ1) is 14.8. The number of pyridine rings is 1. The van der Waals surface area contributed by atoms with Crippen molar-refractivity contribution in [3.8, 4) is 11.5 Å². The van der Waals surface area contributed by atoms with Crippen molar-refractivity contribution in [3.05, 3.63) is 28.9 Å². The van der Waals surface area contributed by atoms with E-state index in [4.69, 9.17) is 0 Å². The summed E-state index contributed by atoms with van der Waals surface area (Å²) in [5.74, 6) is 0.496. The van der Waals surface area contributed by atoms with Crippen LogP contribution in [0.1, 0.15) is 19.8 Å². The molecule has 0 atom stereocenters. The Hall–Kier alpha value is -2.15. The number of aromatic amines is 1. The molecular formula is C15H21N5O2. The molecule has 7 nitrogen and oxygen atoms in total. The molecule has 2 N–H and O–H groups in total. The van der Waals surface area contributed by atoms with Gasteiger partial charge < -0.3 is 10.2 Å². The molecule has 1 aliphatic heterocycles. The molecule has 0 aliphatic carbocycles. The second kappa shape index (κ2) is 6.74. The number of aromatic nitrogens is 3. The van der Waals surface area contributed by atoms with Gasteiger partial charge in [-0.25, -0.2) is 4.79 Å². The summed E-state index contributed by atoms with van der Waals surface area (Å²) in [6.07, 6.45) is 4.24. The summed E-state index contributed by atoms with van der Waals surface area (Å²) in [7, 11) is 0. The van der Waals surface area contributed by atoms with Crippen LogP contribution < -0.4 is 11.1 Å². The number of nitrogens with zero attached hydrogens (tertiary/aromatic N) is 3. The normalized spacial score (nSPS) is 16.8. The Labute approximate surface area is 128 Å². The topological polar surface area (TPSA) is 87.0 Å². The van der Waals surface area contributed by atoms with Crippen LogP contribution in [0, 0.1) is 5.92 Å². The highest BCUT2D eigenvalue weighted by molar-refractivity contribution is 5.52. The standard InChI is InChI=1S/C15H21N5O2/c1-2-20-7-5-11(6-8-20)9-16-12-3-4-13(17-10-12)14-18-15(21)22-19-14/h3-4,10-11,16H,2,5-9H2,1H3,(H,18,19,21). The third kappa shape index (κ3) is 3.54. The third-order valence-electron chi connectivity index (χ3n) is 4.20. The molecule has 118 valence electrons. The molecule has 22 heavy (non-hydrogen) atoms. The molecule has 1 aliphatic rings. The van der Waals surface area contributed by atoms with Gasteiger partial charge in [0.2, 0.25) is 5.82 Å². The van der Waals surface area contributed by atoms with Gasteiger partial charge in [0.25, 0.3) is 0 Å². The first-order valence-corrected chi connectivity index (χ1v) is 7.73. The molecule has 7 heteroatoms. The highest BCUT2D eigenvalue weighted by atomic mass is 16.5. The molecule has 3 heterocycles. The molecule has 0 spiro atoms. The Morgan fingerprint density at radius 1 is 1.41 bits per heavy atom. The molecule has 0 bridgehead atoms. The van der Waals surface area contributed by atoms with Crippen LogP contribution in [-0.2, 0) is 0 Å². The van der Waals surface area contributed by atoms with E-state index in [1.165, 1.54) is 25.9 Å². The van der Waals surface area contributed by atoms with Gasteiger partial charge in [-0.3, -0.25) is 14.5 Å². The molecular weight excluding hydrogens is 282 g/mol. The Balaban J connectivity index is 1.52. The SMILES string of the molecule is CCN1CCC(CNc2ccc(-c3noc(=O)[nH]3)nc2)CC1. The highest BCUT2D eigenvalue weighted by Gasteiger charge is 2.17. The van der Waals surface area contributed by atoms with Gasteiger partial charge >= 0.3 is 5.76 Å². The quantitative estimate of drug-likeness (QED) is 0.872. The second-order valence-electron chi connectivity index (χ2n) is 5.63. The number of likely N-dealkylation sites (tertiary alicyclic amines) is 1. The molecule has 0 aromatic carbocycles. The molecule has 2 aromatic rings. The lowest BCUT2D eigenvalue weighted by Crippen LogP contribution is -2.35. The number of rotatable bonds is 5. The summed E-state index contributed by atoms with van der Waals surface area (Å²) in [4.78, 5) is 20.2. The Kier molecular flexibility index (Phi) is 4.53. The highest BCUT2D eigenvalue weighted by Crippen LogP contribution is 2.18. The minimum absolute atomic E-state index is 0.350. The number of hydrogen-bond donors (Lipinski definition) is 2. The van der Waals surface area contributed by atoms with E-state index >= 15 is 0 Å². The summed E-state index contributed by atoms with van der Waals surface area (Å²) < 4.78 is 4.47. The van der Waals surface area contributed by atoms with Crippen molar-refractivity contribution in [3.63, 3.8) is 0 Å². The van der Waals surface area contributed by atoms with Crippen molar-refractivity contribution in [2.24, 2.45) is 5.92 Å². The zero-order valence-electron chi connectivity index (χ0n) is 12.7. The summed E-state index contributed by atoms with van der Waals surface area (Å²) in [5.41, 5.74) is 1.57. The maximum absolute atomic E-state index is 10.9. The third-order valence-corrected chi connectivity index (χ3v) is 4.20. The smallest absolute Gasteiger partial charge is 0.384 e. The number of anilines is 1. The summed E-state index contributed by atoms with van der Waals surface area (Å²) in [5, 5.41) is 7.05. The van der Waals surface area contributed by atoms with E-state index < -0.39 is 5.76 Å². The summed E-state index contributed by atoms with van der Waals surface area (Å²) >= 11 is 0. The maximum atomic E-state index is 10.9. The van der Waals surface area contributed by atoms with Crippen molar-refractivity contribution in [1.29, 1.82) is 0 Å². The van der Waals surface area contributed by atoms with Gasteiger partial charge in [0, 0.05) is 6.54 Å². The van der Waals surface area contributed by atoms with Crippen LogP contribution in [0.25, 0.3) is 11.5 Å². The van der Waals surface area contributed by atoms with Crippen LogP contribution in [0.2, 0.25) is 0 Å². The van der Waals surface area contributed by atoms with Crippen LogP contribution in [0.4, 0.5) is 5.69 Å². The monoisotopic (exact) mass is 303 g/mol. The van der Waals surface area contributed by atoms with E-state index in [9.17, 15) is 4.79 Å². The summed E-state index contributed by atoms with van der Waals surface area (Å²) in [6.45, 7) is 6.72. The summed E-state index contributed by atoms with van der Waals surface area (Å²) in [6, 6.07) is 3.76. The lowest BCUT2D eigenvalue weighted by Gasteiger charge is -2.31. The molecule has 3 rings (SSSR count).